The van der Waals surface area contributed by atoms with E-state index in [9.17, 15) is 21.6 Å². The third kappa shape index (κ3) is 5.37. The standard InChI is InChI=1S/C23H31N3O6S2/c1-16-8-9-19(14-17(16)2)26(33(5,28)29)18(3)23(27)24-21-15-20(10-11-22(21)32-4)34(30,31)25-12-6-7-13-25/h8-11,14-15,18H,6-7,12-13H2,1-5H3,(H,24,27)/t18-/m0/s1. The van der Waals surface area contributed by atoms with Gasteiger partial charge in [0.1, 0.15) is 11.8 Å². The van der Waals surface area contributed by atoms with E-state index < -0.39 is 32.0 Å². The van der Waals surface area contributed by atoms with Crippen molar-refractivity contribution in [2.24, 2.45) is 0 Å². The van der Waals surface area contributed by atoms with Gasteiger partial charge in [-0.2, -0.15) is 4.31 Å². The van der Waals surface area contributed by atoms with E-state index in [0.29, 0.717) is 18.8 Å². The van der Waals surface area contributed by atoms with E-state index in [-0.39, 0.29) is 16.3 Å². The lowest BCUT2D eigenvalue weighted by Crippen LogP contribution is -2.45. The SMILES string of the molecule is COc1ccc(S(=O)(=O)N2CCCC2)cc1NC(=O)[C@H](C)N(c1ccc(C)c(C)c1)S(C)(=O)=O. The molecule has 0 radical (unpaired) electrons. The summed E-state index contributed by atoms with van der Waals surface area (Å²) in [5.41, 5.74) is 2.40. The van der Waals surface area contributed by atoms with Crippen molar-refractivity contribution in [3.05, 3.63) is 47.5 Å². The number of amides is 1. The smallest absolute Gasteiger partial charge is 0.248 e. The third-order valence-corrected chi connectivity index (χ3v) is 9.10. The van der Waals surface area contributed by atoms with Gasteiger partial charge in [0.05, 0.1) is 29.6 Å². The molecular formula is C23H31N3O6S2. The average Bonchev–Trinajstić information content (AvgIpc) is 3.31. The summed E-state index contributed by atoms with van der Waals surface area (Å²) in [6.07, 6.45) is 2.64. The molecule has 2 aromatic carbocycles. The van der Waals surface area contributed by atoms with Gasteiger partial charge < -0.3 is 10.1 Å². The highest BCUT2D eigenvalue weighted by Gasteiger charge is 2.31. The van der Waals surface area contributed by atoms with Gasteiger partial charge in [-0.05, 0) is 75.1 Å². The van der Waals surface area contributed by atoms with Crippen LogP contribution in [0.1, 0.15) is 30.9 Å². The maximum absolute atomic E-state index is 13.2. The van der Waals surface area contributed by atoms with Crippen LogP contribution in [0, 0.1) is 13.8 Å². The Hall–Kier alpha value is -2.63. The number of nitrogens with one attached hydrogen (secondary N) is 1. The molecule has 0 saturated carbocycles. The van der Waals surface area contributed by atoms with Crippen LogP contribution in [0.4, 0.5) is 11.4 Å². The van der Waals surface area contributed by atoms with E-state index >= 15 is 0 Å². The number of nitrogens with zero attached hydrogens (tertiary/aromatic N) is 2. The molecular weight excluding hydrogens is 478 g/mol. The number of carbonyl (C=O) groups is 1. The molecule has 0 aromatic heterocycles. The molecule has 1 heterocycles. The molecule has 1 amide bonds. The van der Waals surface area contributed by atoms with Crippen molar-refractivity contribution >= 4 is 37.3 Å². The molecule has 1 fully saturated rings. The summed E-state index contributed by atoms with van der Waals surface area (Å²) in [5.74, 6) is -0.365. The minimum atomic E-state index is -3.80. The van der Waals surface area contributed by atoms with E-state index in [1.54, 1.807) is 18.2 Å². The summed E-state index contributed by atoms with van der Waals surface area (Å²) >= 11 is 0. The Morgan fingerprint density at radius 2 is 1.68 bits per heavy atom. The zero-order valence-corrected chi connectivity index (χ0v) is 21.7. The van der Waals surface area contributed by atoms with Gasteiger partial charge in [-0.15, -0.1) is 0 Å². The number of sulfonamides is 2. The van der Waals surface area contributed by atoms with Crippen LogP contribution in [-0.2, 0) is 24.8 Å². The van der Waals surface area contributed by atoms with Crippen molar-refractivity contribution in [3.63, 3.8) is 0 Å². The zero-order chi connectivity index (χ0) is 25.3. The first kappa shape index (κ1) is 26.0. The Bertz CT molecular complexity index is 1290. The molecule has 11 heteroatoms. The van der Waals surface area contributed by atoms with Crippen molar-refractivity contribution < 1.29 is 26.4 Å². The number of anilines is 2. The minimum Gasteiger partial charge on any atom is -0.495 e. The molecule has 1 atom stereocenters. The Morgan fingerprint density at radius 3 is 2.24 bits per heavy atom. The highest BCUT2D eigenvalue weighted by molar-refractivity contribution is 7.92. The molecule has 0 bridgehead atoms. The molecule has 2 aromatic rings. The van der Waals surface area contributed by atoms with Gasteiger partial charge in [-0.25, -0.2) is 16.8 Å². The van der Waals surface area contributed by atoms with Gasteiger partial charge in [-0.1, -0.05) is 6.07 Å². The first-order valence-electron chi connectivity index (χ1n) is 10.9. The van der Waals surface area contributed by atoms with Crippen LogP contribution >= 0.6 is 0 Å². The maximum atomic E-state index is 13.2. The number of hydrogen-bond donors (Lipinski definition) is 1. The molecule has 9 nitrogen and oxygen atoms in total. The second-order valence-electron chi connectivity index (χ2n) is 8.47. The summed E-state index contributed by atoms with van der Waals surface area (Å²) in [6.45, 7) is 6.15. The van der Waals surface area contributed by atoms with Crippen molar-refractivity contribution in [2.75, 3.05) is 36.1 Å². The highest BCUT2D eigenvalue weighted by atomic mass is 32.2. The quantitative estimate of drug-likeness (QED) is 0.586. The first-order valence-corrected chi connectivity index (χ1v) is 14.2. The highest BCUT2D eigenvalue weighted by Crippen LogP contribution is 2.31. The second kappa shape index (κ2) is 9.93. The van der Waals surface area contributed by atoms with Gasteiger partial charge in [-0.3, -0.25) is 9.10 Å². The fourth-order valence-corrected chi connectivity index (χ4v) is 6.64. The van der Waals surface area contributed by atoms with Gasteiger partial charge >= 0.3 is 0 Å². The van der Waals surface area contributed by atoms with Crippen molar-refractivity contribution in [1.82, 2.24) is 4.31 Å². The fourth-order valence-electron chi connectivity index (χ4n) is 3.93. The predicted octanol–water partition coefficient (Wildman–Crippen LogP) is 2.89. The van der Waals surface area contributed by atoms with Crippen LogP contribution in [0.25, 0.3) is 0 Å². The van der Waals surface area contributed by atoms with Crippen LogP contribution in [-0.4, -0.2) is 59.5 Å². The van der Waals surface area contributed by atoms with Crippen molar-refractivity contribution in [2.45, 2.75) is 44.6 Å². The van der Waals surface area contributed by atoms with Crippen LogP contribution in [0.3, 0.4) is 0 Å². The molecule has 34 heavy (non-hydrogen) atoms. The molecule has 0 spiro atoms. The summed E-state index contributed by atoms with van der Waals surface area (Å²) < 4.78 is 59.0. The molecule has 186 valence electrons. The minimum absolute atomic E-state index is 0.0345. The maximum Gasteiger partial charge on any atom is 0.248 e. The average molecular weight is 510 g/mol. The molecule has 1 N–H and O–H groups in total. The van der Waals surface area contributed by atoms with E-state index in [0.717, 1.165) is 34.5 Å². The van der Waals surface area contributed by atoms with Gasteiger partial charge in [0, 0.05) is 13.1 Å². The van der Waals surface area contributed by atoms with E-state index in [1.807, 2.05) is 13.8 Å². The number of carbonyl (C=O) groups excluding carboxylic acids is 1. The summed E-state index contributed by atoms with van der Waals surface area (Å²) in [7, 11) is -6.11. The number of methoxy groups -OCH3 is 1. The second-order valence-corrected chi connectivity index (χ2v) is 12.3. The Labute approximate surface area is 201 Å². The van der Waals surface area contributed by atoms with Crippen molar-refractivity contribution in [3.8, 4) is 5.75 Å². The first-order chi connectivity index (χ1) is 15.9. The fraction of sp³-hybridized carbons (Fsp3) is 0.435. The molecule has 1 aliphatic heterocycles. The van der Waals surface area contributed by atoms with Gasteiger partial charge in [0.15, 0.2) is 0 Å². The number of hydrogen-bond acceptors (Lipinski definition) is 6. The van der Waals surface area contributed by atoms with Crippen LogP contribution in [0.5, 0.6) is 5.75 Å². The van der Waals surface area contributed by atoms with E-state index in [4.69, 9.17) is 4.74 Å². The Balaban J connectivity index is 1.94. The lowest BCUT2D eigenvalue weighted by Gasteiger charge is -2.29. The van der Waals surface area contributed by atoms with E-state index in [1.165, 1.54) is 36.5 Å². The largest absolute Gasteiger partial charge is 0.495 e. The molecule has 1 aliphatic rings. The topological polar surface area (TPSA) is 113 Å². The monoisotopic (exact) mass is 509 g/mol. The van der Waals surface area contributed by atoms with Gasteiger partial charge in [0.25, 0.3) is 0 Å². The van der Waals surface area contributed by atoms with Crippen molar-refractivity contribution in [1.29, 1.82) is 0 Å². The third-order valence-electron chi connectivity index (χ3n) is 5.97. The number of rotatable bonds is 8. The normalized spacial score (nSPS) is 15.7. The number of ether oxygens (including phenoxy) is 1. The molecule has 1 saturated heterocycles. The number of benzene rings is 2. The van der Waals surface area contributed by atoms with E-state index in [2.05, 4.69) is 5.32 Å². The zero-order valence-electron chi connectivity index (χ0n) is 20.0. The van der Waals surface area contributed by atoms with Gasteiger partial charge in [0.2, 0.25) is 26.0 Å². The Morgan fingerprint density at radius 1 is 1.03 bits per heavy atom. The summed E-state index contributed by atoms with van der Waals surface area (Å²) in [5, 5.41) is 2.66. The predicted molar refractivity (Wildman–Crippen MR) is 132 cm³/mol. The summed E-state index contributed by atoms with van der Waals surface area (Å²) in [6, 6.07) is 8.30. The molecule has 0 unspecified atom stereocenters. The molecule has 0 aliphatic carbocycles. The lowest BCUT2D eigenvalue weighted by atomic mass is 10.1. The van der Waals surface area contributed by atoms with Crippen LogP contribution in [0.2, 0.25) is 0 Å². The van der Waals surface area contributed by atoms with Crippen LogP contribution < -0.4 is 14.4 Å². The molecule has 3 rings (SSSR count). The summed E-state index contributed by atoms with van der Waals surface area (Å²) in [4.78, 5) is 13.2. The number of aryl methyl sites for hydroxylation is 2. The van der Waals surface area contributed by atoms with Crippen LogP contribution in [0.15, 0.2) is 41.3 Å². The lowest BCUT2D eigenvalue weighted by molar-refractivity contribution is -0.116. The Kier molecular flexibility index (Phi) is 7.59.